The molecule has 6 rings (SSSR count). The minimum atomic E-state index is 0.780. The maximum absolute atomic E-state index is 4.94. The topological polar surface area (TPSA) is 80.2 Å². The van der Waals surface area contributed by atoms with E-state index in [1.54, 1.807) is 24.8 Å². The number of hydrogen-bond acceptors (Lipinski definition) is 5. The lowest BCUT2D eigenvalue weighted by molar-refractivity contribution is 1.22. The number of H-pyrrole nitrogens is 1. The fourth-order valence-electron chi connectivity index (χ4n) is 3.87. The minimum absolute atomic E-state index is 0.780. The van der Waals surface area contributed by atoms with Gasteiger partial charge < -0.3 is 4.98 Å². The molecule has 5 aromatic heterocycles. The van der Waals surface area contributed by atoms with Crippen LogP contribution in [0.1, 0.15) is 5.56 Å². The van der Waals surface area contributed by atoms with E-state index in [2.05, 4.69) is 31.0 Å². The maximum atomic E-state index is 4.94. The summed E-state index contributed by atoms with van der Waals surface area (Å²) in [4.78, 5) is 26.6. The predicted molar refractivity (Wildman–Crippen MR) is 118 cm³/mol. The Morgan fingerprint density at radius 3 is 2.17 bits per heavy atom. The summed E-state index contributed by atoms with van der Waals surface area (Å²) < 4.78 is 0. The Labute approximate surface area is 171 Å². The van der Waals surface area contributed by atoms with Gasteiger partial charge in [-0.15, -0.1) is 0 Å². The standard InChI is InChI=1S/C24H16N6/c1-14-6-10-25-18(12-14)19-13-15(7-11-26-19)24-29-22-16-4-2-8-27-20(16)21-17(23(22)30-24)5-3-9-28-21/h2-13H,1H3,(H,29,30). The number of imidazole rings is 1. The molecule has 142 valence electrons. The van der Waals surface area contributed by atoms with Crippen LogP contribution in [-0.4, -0.2) is 29.9 Å². The lowest BCUT2D eigenvalue weighted by Gasteiger charge is -2.03. The number of rotatable bonds is 2. The van der Waals surface area contributed by atoms with Crippen LogP contribution in [-0.2, 0) is 0 Å². The number of aryl methyl sites for hydroxylation is 1. The smallest absolute Gasteiger partial charge is 0.138 e. The van der Waals surface area contributed by atoms with Crippen molar-refractivity contribution in [3.8, 4) is 22.8 Å². The maximum Gasteiger partial charge on any atom is 0.138 e. The van der Waals surface area contributed by atoms with Gasteiger partial charge in [-0.25, -0.2) is 4.98 Å². The Hall–Kier alpha value is -4.19. The normalized spacial score (nSPS) is 11.5. The monoisotopic (exact) mass is 388 g/mol. The molecule has 0 amide bonds. The lowest BCUT2D eigenvalue weighted by Crippen LogP contribution is -1.89. The molecule has 5 heterocycles. The third-order valence-electron chi connectivity index (χ3n) is 5.28. The van der Waals surface area contributed by atoms with Crippen LogP contribution < -0.4 is 0 Å². The molecule has 1 N–H and O–H groups in total. The van der Waals surface area contributed by atoms with E-state index >= 15 is 0 Å². The quantitative estimate of drug-likeness (QED) is 0.418. The first-order valence-electron chi connectivity index (χ1n) is 9.68. The summed E-state index contributed by atoms with van der Waals surface area (Å²) >= 11 is 0. The molecular formula is C24H16N6. The molecule has 0 aliphatic heterocycles. The first kappa shape index (κ1) is 16.7. The van der Waals surface area contributed by atoms with Crippen LogP contribution in [0.2, 0.25) is 0 Å². The fraction of sp³-hybridized carbons (Fsp3) is 0.0417. The summed E-state index contributed by atoms with van der Waals surface area (Å²) in [7, 11) is 0. The molecule has 0 saturated heterocycles. The van der Waals surface area contributed by atoms with Crippen molar-refractivity contribution in [1.29, 1.82) is 0 Å². The second-order valence-electron chi connectivity index (χ2n) is 7.26. The number of fused-ring (bicyclic) bond motifs is 6. The fourth-order valence-corrected chi connectivity index (χ4v) is 3.87. The molecule has 0 aliphatic rings. The van der Waals surface area contributed by atoms with Crippen LogP contribution in [0, 0.1) is 6.92 Å². The van der Waals surface area contributed by atoms with E-state index in [0.717, 1.165) is 61.2 Å². The Morgan fingerprint density at radius 2 is 1.37 bits per heavy atom. The molecular weight excluding hydrogens is 372 g/mol. The van der Waals surface area contributed by atoms with Crippen LogP contribution >= 0.6 is 0 Å². The number of hydrogen-bond donors (Lipinski definition) is 1. The van der Waals surface area contributed by atoms with E-state index in [1.807, 2.05) is 49.4 Å². The zero-order chi connectivity index (χ0) is 20.1. The molecule has 0 fully saturated rings. The van der Waals surface area contributed by atoms with Gasteiger partial charge in [-0.05, 0) is 61.0 Å². The highest BCUT2D eigenvalue weighted by Crippen LogP contribution is 2.33. The summed E-state index contributed by atoms with van der Waals surface area (Å²) in [5.41, 5.74) is 7.34. The molecule has 0 bridgehead atoms. The van der Waals surface area contributed by atoms with E-state index in [1.165, 1.54) is 0 Å². The number of benzene rings is 1. The Bertz CT molecular complexity index is 1490. The van der Waals surface area contributed by atoms with Crippen molar-refractivity contribution < 1.29 is 0 Å². The molecule has 0 radical (unpaired) electrons. The van der Waals surface area contributed by atoms with Gasteiger partial charge in [0, 0.05) is 41.1 Å². The number of aromatic amines is 1. The number of pyridine rings is 4. The number of aromatic nitrogens is 6. The Kier molecular flexibility index (Phi) is 3.58. The van der Waals surface area contributed by atoms with Crippen LogP contribution in [0.5, 0.6) is 0 Å². The molecule has 30 heavy (non-hydrogen) atoms. The Balaban J connectivity index is 1.61. The minimum Gasteiger partial charge on any atom is -0.337 e. The first-order chi connectivity index (χ1) is 14.8. The van der Waals surface area contributed by atoms with Crippen LogP contribution in [0.15, 0.2) is 73.3 Å². The molecule has 0 unspecified atom stereocenters. The zero-order valence-electron chi connectivity index (χ0n) is 16.2. The third-order valence-corrected chi connectivity index (χ3v) is 5.28. The first-order valence-corrected chi connectivity index (χ1v) is 9.68. The Morgan fingerprint density at radius 1 is 0.667 bits per heavy atom. The molecule has 6 aromatic rings. The van der Waals surface area contributed by atoms with Crippen molar-refractivity contribution in [3.05, 3.63) is 78.9 Å². The van der Waals surface area contributed by atoms with Crippen molar-refractivity contribution in [1.82, 2.24) is 29.9 Å². The van der Waals surface area contributed by atoms with E-state index in [9.17, 15) is 0 Å². The number of nitrogens with zero attached hydrogens (tertiary/aromatic N) is 5. The van der Waals surface area contributed by atoms with Gasteiger partial charge in [0.15, 0.2) is 0 Å². The molecule has 0 saturated carbocycles. The van der Waals surface area contributed by atoms with Crippen molar-refractivity contribution in [2.24, 2.45) is 0 Å². The van der Waals surface area contributed by atoms with E-state index < -0.39 is 0 Å². The van der Waals surface area contributed by atoms with Gasteiger partial charge in [0.1, 0.15) is 5.82 Å². The van der Waals surface area contributed by atoms with Crippen LogP contribution in [0.25, 0.3) is 55.6 Å². The van der Waals surface area contributed by atoms with Crippen molar-refractivity contribution in [3.63, 3.8) is 0 Å². The summed E-state index contributed by atoms with van der Waals surface area (Å²) in [6.45, 7) is 2.05. The second-order valence-corrected chi connectivity index (χ2v) is 7.26. The van der Waals surface area contributed by atoms with Gasteiger partial charge in [0.05, 0.1) is 33.5 Å². The molecule has 0 aliphatic carbocycles. The molecule has 6 nitrogen and oxygen atoms in total. The average molecular weight is 388 g/mol. The van der Waals surface area contributed by atoms with Gasteiger partial charge in [-0.1, -0.05) is 0 Å². The SMILES string of the molecule is Cc1ccnc(-c2cc(-c3nc4c5cccnc5c5ncccc5c4[nH]3)ccn2)c1. The van der Waals surface area contributed by atoms with Gasteiger partial charge >= 0.3 is 0 Å². The lowest BCUT2D eigenvalue weighted by atomic mass is 10.1. The third kappa shape index (κ3) is 2.54. The highest BCUT2D eigenvalue weighted by atomic mass is 14.9. The van der Waals surface area contributed by atoms with E-state index in [4.69, 9.17) is 4.98 Å². The van der Waals surface area contributed by atoms with Crippen molar-refractivity contribution in [2.45, 2.75) is 6.92 Å². The molecule has 0 atom stereocenters. The number of nitrogens with one attached hydrogen (secondary N) is 1. The summed E-state index contributed by atoms with van der Waals surface area (Å²) in [5, 5.41) is 1.99. The average Bonchev–Trinajstić information content (AvgIpc) is 3.26. The largest absolute Gasteiger partial charge is 0.337 e. The van der Waals surface area contributed by atoms with E-state index in [0.29, 0.717) is 0 Å². The van der Waals surface area contributed by atoms with Gasteiger partial charge in [-0.3, -0.25) is 19.9 Å². The van der Waals surface area contributed by atoms with E-state index in [-0.39, 0.29) is 0 Å². The molecule has 0 spiro atoms. The van der Waals surface area contributed by atoms with Crippen molar-refractivity contribution >= 4 is 32.8 Å². The summed E-state index contributed by atoms with van der Waals surface area (Å²) in [6, 6.07) is 15.9. The highest BCUT2D eigenvalue weighted by Gasteiger charge is 2.15. The summed E-state index contributed by atoms with van der Waals surface area (Å²) in [5.74, 6) is 0.780. The van der Waals surface area contributed by atoms with Gasteiger partial charge in [0.25, 0.3) is 0 Å². The highest BCUT2D eigenvalue weighted by molar-refractivity contribution is 6.21. The van der Waals surface area contributed by atoms with Gasteiger partial charge in [-0.2, -0.15) is 0 Å². The molecule has 1 aromatic carbocycles. The van der Waals surface area contributed by atoms with Crippen LogP contribution in [0.4, 0.5) is 0 Å². The van der Waals surface area contributed by atoms with Crippen LogP contribution in [0.3, 0.4) is 0 Å². The van der Waals surface area contributed by atoms with Gasteiger partial charge in [0.2, 0.25) is 0 Å². The summed E-state index contributed by atoms with van der Waals surface area (Å²) in [6.07, 6.45) is 7.18. The predicted octanol–water partition coefficient (Wildman–Crippen LogP) is 5.09. The van der Waals surface area contributed by atoms with Crippen molar-refractivity contribution in [2.75, 3.05) is 0 Å². The second kappa shape index (κ2) is 6.42. The molecule has 6 heteroatoms. The zero-order valence-corrected chi connectivity index (χ0v) is 16.2.